The Morgan fingerprint density at radius 2 is 2.00 bits per heavy atom. The number of carbonyl (C=O) groups excluding carboxylic acids is 1. The van der Waals surface area contributed by atoms with Gasteiger partial charge in [0.2, 0.25) is 15.9 Å². The Morgan fingerprint density at radius 1 is 1.32 bits per heavy atom. The monoisotopic (exact) mass is 363 g/mol. The van der Waals surface area contributed by atoms with Crippen molar-refractivity contribution < 1.29 is 13.2 Å². The van der Waals surface area contributed by atoms with Gasteiger partial charge in [-0.1, -0.05) is 38.0 Å². The van der Waals surface area contributed by atoms with Crippen molar-refractivity contribution in [2.45, 2.75) is 44.4 Å². The molecule has 6 nitrogen and oxygen atoms in total. The van der Waals surface area contributed by atoms with E-state index in [2.05, 4.69) is 12.2 Å². The van der Waals surface area contributed by atoms with Crippen molar-refractivity contribution in [1.29, 1.82) is 5.26 Å². The molecule has 1 aliphatic rings. The van der Waals surface area contributed by atoms with Gasteiger partial charge < -0.3 is 5.32 Å². The second-order valence-corrected chi connectivity index (χ2v) is 8.79. The number of likely N-dealkylation sites (N-methyl/N-ethyl adjacent to an activating group) is 1. The second kappa shape index (κ2) is 8.45. The molecule has 1 aromatic carbocycles. The second-order valence-electron chi connectivity index (χ2n) is 6.72. The first-order chi connectivity index (χ1) is 11.8. The van der Waals surface area contributed by atoms with Crippen LogP contribution in [0.5, 0.6) is 0 Å². The Labute approximate surface area is 149 Å². The van der Waals surface area contributed by atoms with Gasteiger partial charge in [0.25, 0.3) is 0 Å². The third kappa shape index (κ3) is 5.28. The molecule has 2 rings (SSSR count). The number of nitriles is 1. The molecular formula is C18H25N3O3S. The fourth-order valence-corrected chi connectivity index (χ4v) is 4.32. The van der Waals surface area contributed by atoms with Gasteiger partial charge in [0, 0.05) is 13.1 Å². The minimum absolute atomic E-state index is 0.122. The Hall–Kier alpha value is -1.91. The van der Waals surface area contributed by atoms with Crippen LogP contribution in [0.2, 0.25) is 0 Å². The maximum Gasteiger partial charge on any atom is 0.235 e. The van der Waals surface area contributed by atoms with E-state index < -0.39 is 10.0 Å². The molecule has 0 radical (unpaired) electrons. The third-order valence-corrected chi connectivity index (χ3v) is 6.53. The quantitative estimate of drug-likeness (QED) is 0.837. The summed E-state index contributed by atoms with van der Waals surface area (Å²) in [6.45, 7) is 1.91. The van der Waals surface area contributed by atoms with Gasteiger partial charge in [-0.15, -0.1) is 0 Å². The zero-order chi connectivity index (χ0) is 18.4. The summed E-state index contributed by atoms with van der Waals surface area (Å²) in [4.78, 5) is 12.2. The Morgan fingerprint density at radius 3 is 2.68 bits per heavy atom. The first-order valence-electron chi connectivity index (χ1n) is 8.55. The van der Waals surface area contributed by atoms with E-state index in [9.17, 15) is 13.2 Å². The van der Waals surface area contributed by atoms with E-state index in [1.807, 2.05) is 6.07 Å². The average molecular weight is 363 g/mol. The van der Waals surface area contributed by atoms with Crippen LogP contribution in [0.3, 0.4) is 0 Å². The van der Waals surface area contributed by atoms with E-state index in [4.69, 9.17) is 5.26 Å². The van der Waals surface area contributed by atoms with Gasteiger partial charge in [-0.25, -0.2) is 8.42 Å². The standard InChI is InChI=1S/C18H25N3O3S/c1-14-7-3-6-10-17(14)20-18(22)12-21(2)25(23,24)13-16-9-5-4-8-15(16)11-19/h4-5,8-9,14,17H,3,6-7,10,12-13H2,1-2H3,(H,20,22)/t14-,17+/m1/s1. The SMILES string of the molecule is C[C@@H]1CCCC[C@@H]1NC(=O)CN(C)S(=O)(=O)Cc1ccccc1C#N. The molecule has 1 amide bonds. The number of hydrogen-bond acceptors (Lipinski definition) is 4. The highest BCUT2D eigenvalue weighted by Gasteiger charge is 2.26. The number of hydrogen-bond donors (Lipinski definition) is 1. The zero-order valence-corrected chi connectivity index (χ0v) is 15.6. The molecule has 0 aliphatic heterocycles. The lowest BCUT2D eigenvalue weighted by atomic mass is 9.86. The largest absolute Gasteiger partial charge is 0.352 e. The lowest BCUT2D eigenvalue weighted by Crippen LogP contribution is -2.46. The van der Waals surface area contributed by atoms with E-state index in [0.29, 0.717) is 17.0 Å². The molecule has 136 valence electrons. The molecule has 1 fully saturated rings. The molecule has 1 aliphatic carbocycles. The predicted octanol–water partition coefficient (Wildman–Crippen LogP) is 2.01. The van der Waals surface area contributed by atoms with Crippen molar-refractivity contribution in [1.82, 2.24) is 9.62 Å². The number of nitrogens with one attached hydrogen (secondary N) is 1. The van der Waals surface area contributed by atoms with E-state index in [1.54, 1.807) is 24.3 Å². The highest BCUT2D eigenvalue weighted by Crippen LogP contribution is 2.23. The van der Waals surface area contributed by atoms with E-state index in [0.717, 1.165) is 23.6 Å². The lowest BCUT2D eigenvalue weighted by Gasteiger charge is -2.30. The summed E-state index contributed by atoms with van der Waals surface area (Å²) in [5.41, 5.74) is 0.776. The molecule has 0 unspecified atom stereocenters. The van der Waals surface area contributed by atoms with E-state index in [-0.39, 0.29) is 24.2 Å². The number of carbonyl (C=O) groups is 1. The van der Waals surface area contributed by atoms with Crippen molar-refractivity contribution in [2.24, 2.45) is 5.92 Å². The number of rotatable bonds is 6. The van der Waals surface area contributed by atoms with Crippen molar-refractivity contribution >= 4 is 15.9 Å². The van der Waals surface area contributed by atoms with Gasteiger partial charge in [-0.3, -0.25) is 4.79 Å². The van der Waals surface area contributed by atoms with E-state index >= 15 is 0 Å². The molecule has 0 saturated heterocycles. The predicted molar refractivity (Wildman–Crippen MR) is 96.0 cm³/mol. The minimum atomic E-state index is -3.67. The first-order valence-corrected chi connectivity index (χ1v) is 10.2. The van der Waals surface area contributed by atoms with Gasteiger partial charge in [-0.2, -0.15) is 9.57 Å². The lowest BCUT2D eigenvalue weighted by molar-refractivity contribution is -0.122. The summed E-state index contributed by atoms with van der Waals surface area (Å²) >= 11 is 0. The summed E-state index contributed by atoms with van der Waals surface area (Å²) in [5.74, 6) is -0.152. The van der Waals surface area contributed by atoms with Crippen molar-refractivity contribution in [3.63, 3.8) is 0 Å². The number of amides is 1. The van der Waals surface area contributed by atoms with Crippen LogP contribution >= 0.6 is 0 Å². The summed E-state index contributed by atoms with van der Waals surface area (Å²) in [6.07, 6.45) is 4.30. The third-order valence-electron chi connectivity index (χ3n) is 4.77. The minimum Gasteiger partial charge on any atom is -0.352 e. The molecule has 7 heteroatoms. The van der Waals surface area contributed by atoms with Crippen molar-refractivity contribution in [3.05, 3.63) is 35.4 Å². The highest BCUT2D eigenvalue weighted by atomic mass is 32.2. The first kappa shape index (κ1) is 19.4. The fourth-order valence-electron chi connectivity index (χ4n) is 3.15. The molecule has 25 heavy (non-hydrogen) atoms. The van der Waals surface area contributed by atoms with E-state index in [1.165, 1.54) is 13.5 Å². The van der Waals surface area contributed by atoms with Gasteiger partial charge >= 0.3 is 0 Å². The van der Waals surface area contributed by atoms with Crippen LogP contribution < -0.4 is 5.32 Å². The maximum absolute atomic E-state index is 12.5. The van der Waals surface area contributed by atoms with Crippen LogP contribution in [-0.4, -0.2) is 38.3 Å². The Kier molecular flexibility index (Phi) is 6.57. The van der Waals surface area contributed by atoms with Gasteiger partial charge in [0.05, 0.1) is 23.9 Å². The van der Waals surface area contributed by atoms with Crippen LogP contribution in [0.25, 0.3) is 0 Å². The molecule has 0 bridgehead atoms. The molecule has 0 heterocycles. The van der Waals surface area contributed by atoms with Gasteiger partial charge in [0.15, 0.2) is 0 Å². The fraction of sp³-hybridized carbons (Fsp3) is 0.556. The number of benzene rings is 1. The zero-order valence-electron chi connectivity index (χ0n) is 14.7. The summed E-state index contributed by atoms with van der Waals surface area (Å²) in [7, 11) is -2.28. The average Bonchev–Trinajstić information content (AvgIpc) is 2.57. The van der Waals surface area contributed by atoms with Crippen LogP contribution in [-0.2, 0) is 20.6 Å². The normalized spacial score (nSPS) is 20.9. The molecule has 1 aromatic rings. The molecule has 0 aromatic heterocycles. The molecule has 2 atom stereocenters. The number of sulfonamides is 1. The molecule has 1 saturated carbocycles. The Balaban J connectivity index is 1.97. The topological polar surface area (TPSA) is 90.3 Å². The summed E-state index contributed by atoms with van der Waals surface area (Å²) in [5, 5.41) is 12.0. The summed E-state index contributed by atoms with van der Waals surface area (Å²) < 4.78 is 26.1. The molecule has 1 N–H and O–H groups in total. The van der Waals surface area contributed by atoms with Crippen molar-refractivity contribution in [3.8, 4) is 6.07 Å². The number of nitrogens with zero attached hydrogens (tertiary/aromatic N) is 2. The van der Waals surface area contributed by atoms with Crippen LogP contribution in [0.4, 0.5) is 0 Å². The van der Waals surface area contributed by atoms with Gasteiger partial charge in [-0.05, 0) is 30.4 Å². The smallest absolute Gasteiger partial charge is 0.235 e. The molecular weight excluding hydrogens is 338 g/mol. The van der Waals surface area contributed by atoms with Gasteiger partial charge in [0.1, 0.15) is 0 Å². The van der Waals surface area contributed by atoms with Crippen LogP contribution in [0, 0.1) is 17.2 Å². The molecule has 0 spiro atoms. The highest BCUT2D eigenvalue weighted by molar-refractivity contribution is 7.88. The summed E-state index contributed by atoms with van der Waals surface area (Å²) in [6, 6.07) is 8.71. The van der Waals surface area contributed by atoms with Crippen molar-refractivity contribution in [2.75, 3.05) is 13.6 Å². The Bertz CT molecular complexity index is 755. The van der Waals surface area contributed by atoms with Crippen LogP contribution in [0.1, 0.15) is 43.7 Å². The van der Waals surface area contributed by atoms with Crippen LogP contribution in [0.15, 0.2) is 24.3 Å². The maximum atomic E-state index is 12.5.